The first-order valence-corrected chi connectivity index (χ1v) is 9.33. The van der Waals surface area contributed by atoms with Gasteiger partial charge in [-0.25, -0.2) is 13.2 Å². The molecule has 1 aromatic rings. The molecule has 4 rings (SSSR count). The van der Waals surface area contributed by atoms with Crippen molar-refractivity contribution in [3.05, 3.63) is 35.4 Å². The molecule has 2 saturated heterocycles. The number of rotatable bonds is 2. The van der Waals surface area contributed by atoms with Gasteiger partial charge in [0.15, 0.2) is 17.3 Å². The van der Waals surface area contributed by atoms with E-state index in [1.54, 1.807) is 0 Å². The van der Waals surface area contributed by atoms with E-state index in [1.165, 1.54) is 15.9 Å². The van der Waals surface area contributed by atoms with E-state index in [4.69, 9.17) is 9.47 Å². The van der Waals surface area contributed by atoms with Crippen molar-refractivity contribution < 1.29 is 32.2 Å². The Hall–Kier alpha value is -2.13. The molecule has 1 unspecified atom stereocenters. The third kappa shape index (κ3) is 3.60. The van der Waals surface area contributed by atoms with E-state index in [-0.39, 0.29) is 44.6 Å². The van der Waals surface area contributed by atoms with Crippen LogP contribution in [0, 0.1) is 11.6 Å². The molecule has 6 nitrogen and oxygen atoms in total. The van der Waals surface area contributed by atoms with Crippen LogP contribution in [0.3, 0.4) is 0 Å². The topological polar surface area (TPSA) is 59.1 Å². The standard InChI is InChI=1S/C19H21F3N2O4/c20-14-3-2-13(10-15(14)21)16(25)23-7-9-28-19(11-23)12-24(6-1-8-27-19)17(26)18(22)4-5-18/h2-3,10H,1,4-9,11-12H2. The second-order valence-electron chi connectivity index (χ2n) is 7.51. The molecule has 152 valence electrons. The average molecular weight is 398 g/mol. The fraction of sp³-hybridized carbons (Fsp3) is 0.579. The Morgan fingerprint density at radius 2 is 1.68 bits per heavy atom. The van der Waals surface area contributed by atoms with Gasteiger partial charge in [0, 0.05) is 18.7 Å². The molecule has 3 fully saturated rings. The maximum atomic E-state index is 14.3. The van der Waals surface area contributed by atoms with Crippen molar-refractivity contribution in [1.29, 1.82) is 0 Å². The highest BCUT2D eigenvalue weighted by molar-refractivity contribution is 5.94. The minimum Gasteiger partial charge on any atom is -0.347 e. The lowest BCUT2D eigenvalue weighted by molar-refractivity contribution is -0.260. The third-order valence-corrected chi connectivity index (χ3v) is 5.34. The molecule has 0 bridgehead atoms. The summed E-state index contributed by atoms with van der Waals surface area (Å²) in [6.07, 6.45) is 0.972. The van der Waals surface area contributed by atoms with Gasteiger partial charge >= 0.3 is 0 Å². The molecule has 0 N–H and O–H groups in total. The van der Waals surface area contributed by atoms with Crippen molar-refractivity contribution in [2.75, 3.05) is 39.4 Å². The zero-order valence-corrected chi connectivity index (χ0v) is 15.3. The van der Waals surface area contributed by atoms with Crippen molar-refractivity contribution in [3.63, 3.8) is 0 Å². The molecular weight excluding hydrogens is 377 g/mol. The van der Waals surface area contributed by atoms with Gasteiger partial charge in [0.2, 0.25) is 5.79 Å². The molecule has 1 spiro atoms. The Bertz CT molecular complexity index is 801. The van der Waals surface area contributed by atoms with Crippen molar-refractivity contribution in [1.82, 2.24) is 9.80 Å². The fourth-order valence-corrected chi connectivity index (χ4v) is 3.63. The molecule has 3 aliphatic rings. The highest BCUT2D eigenvalue weighted by atomic mass is 19.2. The number of amides is 2. The van der Waals surface area contributed by atoms with Crippen LogP contribution in [0.25, 0.3) is 0 Å². The minimum absolute atomic E-state index is 0.00783. The number of hydrogen-bond donors (Lipinski definition) is 0. The maximum Gasteiger partial charge on any atom is 0.260 e. The smallest absolute Gasteiger partial charge is 0.260 e. The summed E-state index contributed by atoms with van der Waals surface area (Å²) in [6, 6.07) is 2.97. The van der Waals surface area contributed by atoms with Crippen LogP contribution < -0.4 is 0 Å². The predicted molar refractivity (Wildman–Crippen MR) is 91.2 cm³/mol. The first-order chi connectivity index (χ1) is 13.3. The molecule has 1 saturated carbocycles. The van der Waals surface area contributed by atoms with Crippen LogP contribution in [0.4, 0.5) is 13.2 Å². The predicted octanol–water partition coefficient (Wildman–Crippen LogP) is 1.88. The highest BCUT2D eigenvalue weighted by Gasteiger charge is 2.54. The third-order valence-electron chi connectivity index (χ3n) is 5.34. The Kier molecular flexibility index (Phi) is 4.83. The second-order valence-corrected chi connectivity index (χ2v) is 7.51. The molecule has 2 aliphatic heterocycles. The van der Waals surface area contributed by atoms with Gasteiger partial charge in [0.1, 0.15) is 0 Å². The SMILES string of the molecule is O=C(c1ccc(F)c(F)c1)N1CCOC2(C1)CN(C(=O)C1(F)CC1)CCCO2. The lowest BCUT2D eigenvalue weighted by atomic mass is 10.1. The number of carbonyl (C=O) groups excluding carboxylic acids is 2. The molecule has 1 aliphatic carbocycles. The Balaban J connectivity index is 1.51. The Labute approximate surface area is 160 Å². The molecular formula is C19H21F3N2O4. The van der Waals surface area contributed by atoms with E-state index < -0.39 is 34.9 Å². The largest absolute Gasteiger partial charge is 0.347 e. The van der Waals surface area contributed by atoms with Gasteiger partial charge in [-0.15, -0.1) is 0 Å². The van der Waals surface area contributed by atoms with E-state index in [1.807, 2.05) is 0 Å². The Morgan fingerprint density at radius 3 is 2.39 bits per heavy atom. The van der Waals surface area contributed by atoms with E-state index in [2.05, 4.69) is 0 Å². The number of hydrogen-bond acceptors (Lipinski definition) is 4. The summed E-state index contributed by atoms with van der Waals surface area (Å²) in [6.45, 7) is 1.07. The van der Waals surface area contributed by atoms with Crippen LogP contribution in [-0.4, -0.2) is 72.5 Å². The first kappa shape index (κ1) is 19.2. The molecule has 2 amide bonds. The fourth-order valence-electron chi connectivity index (χ4n) is 3.63. The summed E-state index contributed by atoms with van der Waals surface area (Å²) in [4.78, 5) is 28.0. The summed E-state index contributed by atoms with van der Waals surface area (Å²) < 4.78 is 52.5. The highest BCUT2D eigenvalue weighted by Crippen LogP contribution is 2.42. The van der Waals surface area contributed by atoms with Gasteiger partial charge in [-0.3, -0.25) is 9.59 Å². The van der Waals surface area contributed by atoms with Crippen LogP contribution in [0.5, 0.6) is 0 Å². The molecule has 0 aromatic heterocycles. The van der Waals surface area contributed by atoms with Crippen molar-refractivity contribution in [2.45, 2.75) is 30.7 Å². The molecule has 28 heavy (non-hydrogen) atoms. The van der Waals surface area contributed by atoms with Crippen molar-refractivity contribution in [2.24, 2.45) is 0 Å². The monoisotopic (exact) mass is 398 g/mol. The minimum atomic E-state index is -1.79. The quantitative estimate of drug-likeness (QED) is 0.764. The van der Waals surface area contributed by atoms with E-state index in [9.17, 15) is 22.8 Å². The van der Waals surface area contributed by atoms with Gasteiger partial charge < -0.3 is 19.3 Å². The molecule has 1 atom stereocenters. The number of benzene rings is 1. The summed E-state index contributed by atoms with van der Waals surface area (Å²) in [5.41, 5.74) is -1.78. The first-order valence-electron chi connectivity index (χ1n) is 9.33. The second kappa shape index (κ2) is 7.04. The van der Waals surface area contributed by atoms with Gasteiger partial charge in [-0.05, 0) is 37.5 Å². The van der Waals surface area contributed by atoms with E-state index >= 15 is 0 Å². The number of halogens is 3. The number of nitrogens with zero attached hydrogens (tertiary/aromatic N) is 2. The zero-order valence-electron chi connectivity index (χ0n) is 15.3. The van der Waals surface area contributed by atoms with E-state index in [0.29, 0.717) is 19.6 Å². The van der Waals surface area contributed by atoms with Gasteiger partial charge in [0.25, 0.3) is 11.8 Å². The summed E-state index contributed by atoms with van der Waals surface area (Å²) in [7, 11) is 0. The van der Waals surface area contributed by atoms with Gasteiger partial charge in [-0.1, -0.05) is 0 Å². The summed E-state index contributed by atoms with van der Waals surface area (Å²) in [5.74, 6) is -4.45. The molecule has 2 heterocycles. The lowest BCUT2D eigenvalue weighted by Crippen LogP contribution is -2.60. The molecule has 1 aromatic carbocycles. The summed E-state index contributed by atoms with van der Waals surface area (Å²) >= 11 is 0. The van der Waals surface area contributed by atoms with E-state index in [0.717, 1.165) is 12.1 Å². The number of morpholine rings is 1. The average Bonchev–Trinajstić information content (AvgIpc) is 3.47. The molecule has 9 heteroatoms. The number of alkyl halides is 1. The Morgan fingerprint density at radius 1 is 0.964 bits per heavy atom. The maximum absolute atomic E-state index is 14.3. The van der Waals surface area contributed by atoms with Crippen LogP contribution in [0.2, 0.25) is 0 Å². The van der Waals surface area contributed by atoms with Crippen LogP contribution in [0.15, 0.2) is 18.2 Å². The summed E-state index contributed by atoms with van der Waals surface area (Å²) in [5, 5.41) is 0. The normalized spacial score (nSPS) is 26.8. The van der Waals surface area contributed by atoms with Crippen LogP contribution in [-0.2, 0) is 14.3 Å². The van der Waals surface area contributed by atoms with Crippen LogP contribution >= 0.6 is 0 Å². The van der Waals surface area contributed by atoms with Gasteiger partial charge in [-0.2, -0.15) is 0 Å². The van der Waals surface area contributed by atoms with Crippen molar-refractivity contribution in [3.8, 4) is 0 Å². The zero-order chi connectivity index (χ0) is 19.9. The molecule has 0 radical (unpaired) electrons. The lowest BCUT2D eigenvalue weighted by Gasteiger charge is -2.43. The van der Waals surface area contributed by atoms with Crippen LogP contribution in [0.1, 0.15) is 29.6 Å². The van der Waals surface area contributed by atoms with Crippen molar-refractivity contribution >= 4 is 11.8 Å². The van der Waals surface area contributed by atoms with Gasteiger partial charge in [0.05, 0.1) is 26.3 Å². The number of ether oxygens (including phenoxy) is 2. The number of carbonyl (C=O) groups is 2.